The van der Waals surface area contributed by atoms with Gasteiger partial charge in [-0.3, -0.25) is 15.0 Å². The number of H-pyrrole nitrogens is 1. The molecule has 0 unspecified atom stereocenters. The molecule has 128 valence electrons. The number of halogens is 1. The van der Waals surface area contributed by atoms with Crippen molar-refractivity contribution in [1.29, 1.82) is 0 Å². The molecule has 1 rings (SSSR count). The lowest BCUT2D eigenvalue weighted by atomic mass is 10.0. The largest absolute Gasteiger partial charge is 0.465 e. The minimum Gasteiger partial charge on any atom is -0.465 e. The second-order valence-corrected chi connectivity index (χ2v) is 5.55. The van der Waals surface area contributed by atoms with Crippen LogP contribution in [0.5, 0.6) is 0 Å². The second-order valence-electron chi connectivity index (χ2n) is 5.28. The Morgan fingerprint density at radius 2 is 2.13 bits per heavy atom. The fourth-order valence-corrected chi connectivity index (χ4v) is 2.01. The second kappa shape index (κ2) is 8.99. The molecule has 10 heteroatoms. The van der Waals surface area contributed by atoms with Crippen LogP contribution >= 0.6 is 11.6 Å². The van der Waals surface area contributed by atoms with E-state index in [0.29, 0.717) is 12.1 Å². The molecule has 4 N–H and O–H groups in total. The number of alkyl halides is 1. The molecule has 0 aliphatic carbocycles. The van der Waals surface area contributed by atoms with Gasteiger partial charge in [0, 0.05) is 6.20 Å². The Morgan fingerprint density at radius 1 is 1.43 bits per heavy atom. The van der Waals surface area contributed by atoms with Crippen LogP contribution < -0.4 is 10.7 Å². The Morgan fingerprint density at radius 3 is 2.61 bits per heavy atom. The Hall–Kier alpha value is -2.29. The number of imidazole rings is 1. The first-order chi connectivity index (χ1) is 10.8. The highest BCUT2D eigenvalue weighted by Crippen LogP contribution is 2.06. The van der Waals surface area contributed by atoms with E-state index in [1.54, 1.807) is 6.20 Å². The number of carbonyl (C=O) groups is 3. The van der Waals surface area contributed by atoms with E-state index in [9.17, 15) is 14.4 Å². The molecule has 0 saturated heterocycles. The quantitative estimate of drug-likeness (QED) is 0.427. The van der Waals surface area contributed by atoms with Crippen molar-refractivity contribution in [1.82, 2.24) is 25.7 Å². The third kappa shape index (κ3) is 6.55. The summed E-state index contributed by atoms with van der Waals surface area (Å²) in [7, 11) is 0. The van der Waals surface area contributed by atoms with Crippen LogP contribution in [0.15, 0.2) is 12.5 Å². The van der Waals surface area contributed by atoms with Crippen molar-refractivity contribution in [3.05, 3.63) is 18.2 Å². The van der Waals surface area contributed by atoms with Gasteiger partial charge in [0.05, 0.1) is 18.6 Å². The predicted octanol–water partition coefficient (Wildman–Crippen LogP) is 0.691. The van der Waals surface area contributed by atoms with Gasteiger partial charge in [0.25, 0.3) is 11.8 Å². The number of rotatable bonds is 7. The maximum absolute atomic E-state index is 12.3. The van der Waals surface area contributed by atoms with Gasteiger partial charge in [0.1, 0.15) is 11.9 Å². The van der Waals surface area contributed by atoms with Crippen LogP contribution in [0.25, 0.3) is 0 Å². The molecule has 0 aromatic carbocycles. The third-order valence-electron chi connectivity index (χ3n) is 2.86. The molecule has 0 saturated carbocycles. The highest BCUT2D eigenvalue weighted by Gasteiger charge is 2.25. The van der Waals surface area contributed by atoms with Crippen molar-refractivity contribution in [3.8, 4) is 0 Å². The zero-order valence-electron chi connectivity index (χ0n) is 12.9. The summed E-state index contributed by atoms with van der Waals surface area (Å²) >= 11 is 5.54. The van der Waals surface area contributed by atoms with Crippen LogP contribution in [0, 0.1) is 5.92 Å². The summed E-state index contributed by atoms with van der Waals surface area (Å²) in [4.78, 5) is 41.6. The average Bonchev–Trinajstić information content (AvgIpc) is 2.96. The number of nitrogens with zero attached hydrogens (tertiary/aromatic N) is 2. The van der Waals surface area contributed by atoms with Gasteiger partial charge in [-0.2, -0.15) is 0 Å². The van der Waals surface area contributed by atoms with Crippen LogP contribution in [0.2, 0.25) is 0 Å². The van der Waals surface area contributed by atoms with Crippen LogP contribution in [0.4, 0.5) is 4.79 Å². The SMILES string of the molecule is CC(C)C[C@H](NC(=O)O)C(=O)NN(Cc1c[nH]cn1)C(=O)CCl. The van der Waals surface area contributed by atoms with Crippen LogP contribution in [-0.2, 0) is 16.1 Å². The standard InChI is InChI=1S/C13H20ClN5O4/c1-8(2)3-10(17-13(22)23)12(21)18-19(11(20)4-14)6-9-5-15-7-16-9/h5,7-8,10,17H,3-4,6H2,1-2H3,(H,15,16)(H,18,21)(H,22,23)/t10-/m0/s1. The number of carbonyl (C=O) groups excluding carboxylic acids is 2. The van der Waals surface area contributed by atoms with E-state index in [-0.39, 0.29) is 18.3 Å². The molecule has 1 atom stereocenters. The van der Waals surface area contributed by atoms with Crippen LogP contribution in [-0.4, -0.2) is 49.9 Å². The van der Waals surface area contributed by atoms with Crippen molar-refractivity contribution in [2.24, 2.45) is 5.92 Å². The number of nitrogens with one attached hydrogen (secondary N) is 3. The summed E-state index contributed by atoms with van der Waals surface area (Å²) in [6, 6.07) is -0.975. The summed E-state index contributed by atoms with van der Waals surface area (Å²) in [6.45, 7) is 3.73. The van der Waals surface area contributed by atoms with Crippen molar-refractivity contribution in [2.45, 2.75) is 32.9 Å². The first-order valence-corrected chi connectivity index (χ1v) is 7.50. The molecular weight excluding hydrogens is 326 g/mol. The zero-order valence-corrected chi connectivity index (χ0v) is 13.6. The van der Waals surface area contributed by atoms with Gasteiger partial charge in [0.2, 0.25) is 0 Å². The van der Waals surface area contributed by atoms with Gasteiger partial charge in [-0.15, -0.1) is 11.6 Å². The molecule has 3 amide bonds. The third-order valence-corrected chi connectivity index (χ3v) is 3.09. The first kappa shape index (κ1) is 18.8. The normalized spacial score (nSPS) is 11.8. The highest BCUT2D eigenvalue weighted by atomic mass is 35.5. The monoisotopic (exact) mass is 345 g/mol. The predicted molar refractivity (Wildman–Crippen MR) is 82.4 cm³/mol. The molecule has 9 nitrogen and oxygen atoms in total. The summed E-state index contributed by atoms with van der Waals surface area (Å²) in [6.07, 6.45) is 1.99. The number of carboxylic acid groups (broad SMARTS) is 1. The number of hydrogen-bond acceptors (Lipinski definition) is 4. The molecule has 0 bridgehead atoms. The molecule has 0 aliphatic heterocycles. The molecule has 23 heavy (non-hydrogen) atoms. The van der Waals surface area contributed by atoms with Crippen molar-refractivity contribution in [2.75, 3.05) is 5.88 Å². The lowest BCUT2D eigenvalue weighted by Gasteiger charge is -2.25. The lowest BCUT2D eigenvalue weighted by Crippen LogP contribution is -2.54. The van der Waals surface area contributed by atoms with Gasteiger partial charge >= 0.3 is 6.09 Å². The molecule has 0 fully saturated rings. The first-order valence-electron chi connectivity index (χ1n) is 6.97. The number of hydrazine groups is 1. The summed E-state index contributed by atoms with van der Waals surface area (Å²) < 4.78 is 0. The van der Waals surface area contributed by atoms with E-state index in [2.05, 4.69) is 20.7 Å². The number of aromatic nitrogens is 2. The fourth-order valence-electron chi connectivity index (χ4n) is 1.86. The molecule has 0 aliphatic rings. The Bertz CT molecular complexity index is 534. The lowest BCUT2D eigenvalue weighted by molar-refractivity contribution is -0.141. The Balaban J connectivity index is 2.79. The van der Waals surface area contributed by atoms with Gasteiger partial charge in [0.15, 0.2) is 0 Å². The van der Waals surface area contributed by atoms with E-state index >= 15 is 0 Å². The molecule has 1 aromatic heterocycles. The van der Waals surface area contributed by atoms with Crippen LogP contribution in [0.3, 0.4) is 0 Å². The number of aromatic amines is 1. The molecule has 1 aromatic rings. The fraction of sp³-hybridized carbons (Fsp3) is 0.538. The zero-order chi connectivity index (χ0) is 17.4. The van der Waals surface area contributed by atoms with Gasteiger partial charge < -0.3 is 15.4 Å². The van der Waals surface area contributed by atoms with E-state index < -0.39 is 23.9 Å². The van der Waals surface area contributed by atoms with Crippen molar-refractivity contribution < 1.29 is 19.5 Å². The van der Waals surface area contributed by atoms with Gasteiger partial charge in [-0.1, -0.05) is 13.8 Å². The van der Waals surface area contributed by atoms with E-state index in [1.165, 1.54) is 6.33 Å². The summed E-state index contributed by atoms with van der Waals surface area (Å²) in [5.74, 6) is -1.40. The van der Waals surface area contributed by atoms with Gasteiger partial charge in [-0.05, 0) is 12.3 Å². The molecule has 1 heterocycles. The topological polar surface area (TPSA) is 127 Å². The molecular formula is C13H20ClN5O4. The van der Waals surface area contributed by atoms with E-state index in [1.807, 2.05) is 13.8 Å². The van der Waals surface area contributed by atoms with Gasteiger partial charge in [-0.25, -0.2) is 14.8 Å². The van der Waals surface area contributed by atoms with Crippen molar-refractivity contribution in [3.63, 3.8) is 0 Å². The van der Waals surface area contributed by atoms with Crippen LogP contribution in [0.1, 0.15) is 26.0 Å². The number of hydrogen-bond donors (Lipinski definition) is 4. The van der Waals surface area contributed by atoms with Crippen molar-refractivity contribution >= 4 is 29.5 Å². The maximum atomic E-state index is 12.3. The number of amides is 3. The summed E-state index contributed by atoms with van der Waals surface area (Å²) in [5, 5.41) is 12.0. The van der Waals surface area contributed by atoms with E-state index in [4.69, 9.17) is 16.7 Å². The smallest absolute Gasteiger partial charge is 0.405 e. The van der Waals surface area contributed by atoms with E-state index in [0.717, 1.165) is 5.01 Å². The summed E-state index contributed by atoms with van der Waals surface area (Å²) in [5.41, 5.74) is 2.92. The maximum Gasteiger partial charge on any atom is 0.405 e. The molecule has 0 radical (unpaired) electrons. The Labute approximate surface area is 138 Å². The average molecular weight is 346 g/mol. The Kier molecular flexibility index (Phi) is 7.33. The molecule has 0 spiro atoms. The minimum absolute atomic E-state index is 0.0161. The minimum atomic E-state index is -1.31. The highest BCUT2D eigenvalue weighted by molar-refractivity contribution is 6.27.